The number of nitrogens with zero attached hydrogens (tertiary/aromatic N) is 2. The van der Waals surface area contributed by atoms with E-state index in [-0.39, 0.29) is 0 Å². The molecule has 28 heavy (non-hydrogen) atoms. The van der Waals surface area contributed by atoms with E-state index in [1.54, 1.807) is 19.2 Å². The highest BCUT2D eigenvalue weighted by molar-refractivity contribution is 6.32. The maximum absolute atomic E-state index is 6.24. The molecule has 0 aliphatic heterocycles. The van der Waals surface area contributed by atoms with Gasteiger partial charge in [0, 0.05) is 17.6 Å². The summed E-state index contributed by atoms with van der Waals surface area (Å²) < 4.78 is 10.6. The van der Waals surface area contributed by atoms with Crippen molar-refractivity contribution >= 4 is 46.2 Å². The lowest BCUT2D eigenvalue weighted by Crippen LogP contribution is -2.08. The molecule has 0 saturated heterocycles. The smallest absolute Gasteiger partial charge is 0.159 e. The highest BCUT2D eigenvalue weighted by atomic mass is 35.5. The predicted octanol–water partition coefficient (Wildman–Crippen LogP) is 4.74. The summed E-state index contributed by atoms with van der Waals surface area (Å²) in [7, 11) is 3.09. The Morgan fingerprint density at radius 1 is 0.964 bits per heavy atom. The van der Waals surface area contributed by atoms with E-state index in [1.807, 2.05) is 24.3 Å². The molecule has 0 atom stereocenters. The van der Waals surface area contributed by atoms with Crippen LogP contribution in [0.4, 0.5) is 23.0 Å². The topological polar surface area (TPSA) is 94.3 Å². The summed E-state index contributed by atoms with van der Waals surface area (Å²) in [4.78, 5) is 8.42. The van der Waals surface area contributed by atoms with Crippen molar-refractivity contribution in [2.75, 3.05) is 30.6 Å². The molecule has 1 aromatic heterocycles. The van der Waals surface area contributed by atoms with Crippen molar-refractivity contribution in [3.63, 3.8) is 0 Å². The average Bonchev–Trinajstić information content (AvgIpc) is 2.70. The van der Waals surface area contributed by atoms with Crippen LogP contribution in [0.1, 0.15) is 5.56 Å². The van der Waals surface area contributed by atoms with Gasteiger partial charge in [0.25, 0.3) is 0 Å². The quantitative estimate of drug-likeness (QED) is 0.508. The van der Waals surface area contributed by atoms with Gasteiger partial charge in [-0.15, -0.1) is 0 Å². The van der Waals surface area contributed by atoms with E-state index < -0.39 is 0 Å². The molecule has 9 heteroatoms. The molecule has 1 heterocycles. The number of hydrogen-bond donors (Lipinski definition) is 3. The maximum atomic E-state index is 6.24. The minimum atomic E-state index is 0.366. The van der Waals surface area contributed by atoms with Crippen LogP contribution in [-0.2, 0) is 6.54 Å². The highest BCUT2D eigenvalue weighted by Crippen LogP contribution is 2.38. The van der Waals surface area contributed by atoms with Crippen molar-refractivity contribution in [3.8, 4) is 11.5 Å². The van der Waals surface area contributed by atoms with Gasteiger partial charge in [0.1, 0.15) is 23.5 Å². The number of hydrogen-bond acceptors (Lipinski definition) is 7. The molecule has 3 rings (SSSR count). The van der Waals surface area contributed by atoms with Crippen molar-refractivity contribution in [3.05, 3.63) is 58.3 Å². The van der Waals surface area contributed by atoms with E-state index >= 15 is 0 Å². The molecule has 3 aromatic rings. The zero-order valence-electron chi connectivity index (χ0n) is 15.3. The van der Waals surface area contributed by atoms with Gasteiger partial charge in [0.2, 0.25) is 0 Å². The van der Waals surface area contributed by atoms with E-state index in [0.717, 1.165) is 5.56 Å². The minimum absolute atomic E-state index is 0.366. The van der Waals surface area contributed by atoms with Crippen LogP contribution in [0.5, 0.6) is 11.5 Å². The van der Waals surface area contributed by atoms with Gasteiger partial charge in [-0.3, -0.25) is 0 Å². The number of rotatable bonds is 7. The summed E-state index contributed by atoms with van der Waals surface area (Å²) in [5.74, 6) is 1.97. The summed E-state index contributed by atoms with van der Waals surface area (Å²) in [6.07, 6.45) is 1.42. The predicted molar refractivity (Wildman–Crippen MR) is 113 cm³/mol. The van der Waals surface area contributed by atoms with Crippen molar-refractivity contribution in [2.24, 2.45) is 0 Å². The molecule has 0 amide bonds. The molecule has 146 valence electrons. The Morgan fingerprint density at radius 3 is 2.32 bits per heavy atom. The number of halogens is 2. The fourth-order valence-corrected chi connectivity index (χ4v) is 2.88. The van der Waals surface area contributed by atoms with Gasteiger partial charge in [-0.1, -0.05) is 35.3 Å². The van der Waals surface area contributed by atoms with Crippen molar-refractivity contribution in [2.45, 2.75) is 6.54 Å². The largest absolute Gasteiger partial charge is 0.495 e. The number of anilines is 4. The van der Waals surface area contributed by atoms with E-state index in [1.165, 1.54) is 13.4 Å². The van der Waals surface area contributed by atoms with Gasteiger partial charge < -0.3 is 25.8 Å². The van der Waals surface area contributed by atoms with Crippen LogP contribution in [-0.4, -0.2) is 24.2 Å². The number of ether oxygens (including phenoxy) is 2. The molecular formula is C19H19Cl2N5O2. The third kappa shape index (κ3) is 4.49. The van der Waals surface area contributed by atoms with Gasteiger partial charge >= 0.3 is 0 Å². The van der Waals surface area contributed by atoms with E-state index in [0.29, 0.717) is 51.1 Å². The fraction of sp³-hybridized carbons (Fsp3) is 0.158. The van der Waals surface area contributed by atoms with Crippen molar-refractivity contribution in [1.82, 2.24) is 9.97 Å². The van der Waals surface area contributed by atoms with Gasteiger partial charge in [0.15, 0.2) is 11.6 Å². The number of aromatic nitrogens is 2. The number of nitrogen functional groups attached to an aromatic ring is 1. The van der Waals surface area contributed by atoms with Gasteiger partial charge in [-0.2, -0.15) is 0 Å². The summed E-state index contributed by atoms with van der Waals surface area (Å²) in [6, 6.07) is 10.9. The van der Waals surface area contributed by atoms with Gasteiger partial charge in [-0.25, -0.2) is 9.97 Å². The van der Waals surface area contributed by atoms with Crippen LogP contribution >= 0.6 is 23.2 Å². The summed E-state index contributed by atoms with van der Waals surface area (Å²) in [6.45, 7) is 0.537. The zero-order valence-corrected chi connectivity index (χ0v) is 16.8. The number of nitrogens with two attached hydrogens (primary N) is 1. The lowest BCUT2D eigenvalue weighted by atomic mass is 10.2. The zero-order chi connectivity index (χ0) is 20.1. The minimum Gasteiger partial charge on any atom is -0.495 e. The Hall–Kier alpha value is -2.90. The highest BCUT2D eigenvalue weighted by Gasteiger charge is 2.14. The van der Waals surface area contributed by atoms with Crippen LogP contribution < -0.4 is 25.8 Å². The number of methoxy groups -OCH3 is 2. The molecule has 0 fully saturated rings. The Bertz CT molecular complexity index is 967. The molecule has 0 radical (unpaired) electrons. The fourth-order valence-electron chi connectivity index (χ4n) is 2.51. The second-order valence-electron chi connectivity index (χ2n) is 5.78. The van der Waals surface area contributed by atoms with Crippen LogP contribution in [0.25, 0.3) is 0 Å². The molecule has 0 aliphatic carbocycles. The van der Waals surface area contributed by atoms with E-state index in [4.69, 9.17) is 38.4 Å². The second kappa shape index (κ2) is 8.86. The first-order valence-corrected chi connectivity index (χ1v) is 9.04. The molecule has 4 N–H and O–H groups in total. The first-order valence-electron chi connectivity index (χ1n) is 8.29. The first kappa shape index (κ1) is 19.9. The molecule has 0 spiro atoms. The van der Waals surface area contributed by atoms with Crippen molar-refractivity contribution in [1.29, 1.82) is 0 Å². The molecule has 7 nitrogen and oxygen atoms in total. The normalized spacial score (nSPS) is 10.4. The first-order chi connectivity index (χ1) is 13.5. The van der Waals surface area contributed by atoms with E-state index in [2.05, 4.69) is 20.6 Å². The molecule has 0 unspecified atom stereocenters. The average molecular weight is 420 g/mol. The molecule has 0 saturated carbocycles. The van der Waals surface area contributed by atoms with Crippen LogP contribution in [0.15, 0.2) is 42.7 Å². The molecule has 2 aromatic carbocycles. The third-order valence-corrected chi connectivity index (χ3v) is 4.53. The SMILES string of the molecule is COc1cc(OC)c(Nc2ncnc(NCc3ccc(Cl)cc3)c2N)cc1Cl. The molecular weight excluding hydrogens is 401 g/mol. The van der Waals surface area contributed by atoms with Gasteiger partial charge in [-0.05, 0) is 23.8 Å². The van der Waals surface area contributed by atoms with Gasteiger partial charge in [0.05, 0.1) is 24.9 Å². The standard InChI is InChI=1S/C19H19Cl2N5O2/c1-27-15-8-16(28-2)14(7-13(15)21)26-19-17(22)18(24-10-25-19)23-9-11-3-5-12(20)6-4-11/h3-8,10H,9,22H2,1-2H3,(H2,23,24,25,26). The van der Waals surface area contributed by atoms with Crippen LogP contribution in [0.3, 0.4) is 0 Å². The lowest BCUT2D eigenvalue weighted by Gasteiger charge is -2.16. The summed E-state index contributed by atoms with van der Waals surface area (Å²) >= 11 is 12.1. The summed E-state index contributed by atoms with van der Waals surface area (Å²) in [5.41, 5.74) is 8.24. The molecule has 0 bridgehead atoms. The Balaban J connectivity index is 1.81. The lowest BCUT2D eigenvalue weighted by molar-refractivity contribution is 0.396. The maximum Gasteiger partial charge on any atom is 0.159 e. The summed E-state index contributed by atoms with van der Waals surface area (Å²) in [5, 5.41) is 7.44. The van der Waals surface area contributed by atoms with Crippen LogP contribution in [0, 0.1) is 0 Å². The molecule has 0 aliphatic rings. The Labute approximate surface area is 172 Å². The van der Waals surface area contributed by atoms with E-state index in [9.17, 15) is 0 Å². The van der Waals surface area contributed by atoms with Crippen molar-refractivity contribution < 1.29 is 9.47 Å². The second-order valence-corrected chi connectivity index (χ2v) is 6.62. The Morgan fingerprint density at radius 2 is 1.64 bits per heavy atom. The number of nitrogens with one attached hydrogen (secondary N) is 2. The number of benzene rings is 2. The van der Waals surface area contributed by atoms with Crippen LogP contribution in [0.2, 0.25) is 10.0 Å². The Kier molecular flexibility index (Phi) is 6.28. The monoisotopic (exact) mass is 419 g/mol. The third-order valence-electron chi connectivity index (χ3n) is 3.98.